The van der Waals surface area contributed by atoms with Crippen molar-refractivity contribution in [3.8, 4) is 22.5 Å². The van der Waals surface area contributed by atoms with E-state index in [-0.39, 0.29) is 11.8 Å². The molecule has 0 aliphatic rings. The number of rotatable bonds is 7. The molecule has 1 aromatic heterocycles. The Bertz CT molecular complexity index is 1330. The van der Waals surface area contributed by atoms with Crippen molar-refractivity contribution < 1.29 is 14.7 Å². The van der Waals surface area contributed by atoms with Crippen LogP contribution in [0.5, 0.6) is 0 Å². The Balaban J connectivity index is 1.42. The van der Waals surface area contributed by atoms with Gasteiger partial charge in [0.1, 0.15) is 6.04 Å². The van der Waals surface area contributed by atoms with Crippen molar-refractivity contribution in [2.75, 3.05) is 0 Å². The Labute approximate surface area is 211 Å². The third-order valence-corrected chi connectivity index (χ3v) is 6.03. The van der Waals surface area contributed by atoms with Gasteiger partial charge in [-0.1, -0.05) is 87.5 Å². The number of aliphatic carboxylic acids is 1. The number of nitrogens with zero attached hydrogens (tertiary/aromatic N) is 2. The minimum atomic E-state index is -1.08. The smallest absolute Gasteiger partial charge is 0.326 e. The molecular formula is C30H29N3O3. The van der Waals surface area contributed by atoms with E-state index in [1.807, 2.05) is 66.7 Å². The number of aromatic nitrogens is 2. The van der Waals surface area contributed by atoms with Crippen LogP contribution in [0.3, 0.4) is 0 Å². The number of benzene rings is 3. The van der Waals surface area contributed by atoms with Gasteiger partial charge in [-0.15, -0.1) is 0 Å². The molecule has 36 heavy (non-hydrogen) atoms. The summed E-state index contributed by atoms with van der Waals surface area (Å²) in [5, 5.41) is 12.3. The summed E-state index contributed by atoms with van der Waals surface area (Å²) >= 11 is 0. The number of carboxylic acid groups (broad SMARTS) is 1. The average Bonchev–Trinajstić information content (AvgIpc) is 2.89. The molecule has 0 bridgehead atoms. The third-order valence-electron chi connectivity index (χ3n) is 6.03. The van der Waals surface area contributed by atoms with Gasteiger partial charge < -0.3 is 10.4 Å². The van der Waals surface area contributed by atoms with Crippen LogP contribution in [0.15, 0.2) is 91.3 Å². The maximum absolute atomic E-state index is 12.7. The quantitative estimate of drug-likeness (QED) is 0.363. The molecule has 0 spiro atoms. The molecular weight excluding hydrogens is 450 g/mol. The summed E-state index contributed by atoms with van der Waals surface area (Å²) in [6.45, 7) is 6.29. The standard InChI is InChI=1S/C30H29N3O3/c1-30(2,3)25-15-13-23(14-16-25)28(34)33-26(29(35)36)17-20-9-11-22(12-10-20)27-31-18-24(19-32-27)21-7-5-4-6-8-21/h4-16,18-19,26H,17H2,1-3H3,(H,33,34)(H,35,36). The third kappa shape index (κ3) is 6.02. The molecule has 2 N–H and O–H groups in total. The van der Waals surface area contributed by atoms with Crippen molar-refractivity contribution in [1.82, 2.24) is 15.3 Å². The lowest BCUT2D eigenvalue weighted by molar-refractivity contribution is -0.139. The van der Waals surface area contributed by atoms with Gasteiger partial charge in [0.25, 0.3) is 5.91 Å². The van der Waals surface area contributed by atoms with Gasteiger partial charge in [0, 0.05) is 35.5 Å². The van der Waals surface area contributed by atoms with E-state index in [0.717, 1.165) is 27.8 Å². The first-order chi connectivity index (χ1) is 17.2. The molecule has 4 rings (SSSR count). The van der Waals surface area contributed by atoms with E-state index >= 15 is 0 Å². The number of carboxylic acids is 1. The zero-order valence-corrected chi connectivity index (χ0v) is 20.6. The molecule has 1 amide bonds. The summed E-state index contributed by atoms with van der Waals surface area (Å²) in [6, 6.07) is 23.5. The monoisotopic (exact) mass is 479 g/mol. The van der Waals surface area contributed by atoms with Crippen molar-refractivity contribution >= 4 is 11.9 Å². The fourth-order valence-electron chi connectivity index (χ4n) is 3.85. The first kappa shape index (κ1) is 24.8. The number of hydrogen-bond acceptors (Lipinski definition) is 4. The number of amides is 1. The zero-order valence-electron chi connectivity index (χ0n) is 20.6. The van der Waals surface area contributed by atoms with Gasteiger partial charge in [0.15, 0.2) is 5.82 Å². The van der Waals surface area contributed by atoms with Crippen molar-refractivity contribution in [1.29, 1.82) is 0 Å². The molecule has 0 saturated carbocycles. The fourth-order valence-corrected chi connectivity index (χ4v) is 3.85. The van der Waals surface area contributed by atoms with Gasteiger partial charge >= 0.3 is 5.97 Å². The first-order valence-electron chi connectivity index (χ1n) is 11.8. The van der Waals surface area contributed by atoms with Gasteiger partial charge in [0.05, 0.1) is 0 Å². The Morgan fingerprint density at radius 2 is 1.42 bits per heavy atom. The highest BCUT2D eigenvalue weighted by atomic mass is 16.4. The predicted octanol–water partition coefficient (Wildman–Crippen LogP) is 5.53. The molecule has 0 saturated heterocycles. The van der Waals surface area contributed by atoms with Crippen LogP contribution in [0.2, 0.25) is 0 Å². The number of hydrogen-bond donors (Lipinski definition) is 2. The van der Waals surface area contributed by atoms with Crippen LogP contribution in [0.4, 0.5) is 0 Å². The van der Waals surface area contributed by atoms with Crippen LogP contribution < -0.4 is 5.32 Å². The van der Waals surface area contributed by atoms with Gasteiger partial charge in [-0.05, 0) is 34.2 Å². The van der Waals surface area contributed by atoms with Gasteiger partial charge in [-0.25, -0.2) is 14.8 Å². The van der Waals surface area contributed by atoms with E-state index in [0.29, 0.717) is 11.4 Å². The van der Waals surface area contributed by atoms with Crippen LogP contribution >= 0.6 is 0 Å². The molecule has 0 aliphatic carbocycles. The lowest BCUT2D eigenvalue weighted by atomic mass is 9.86. The molecule has 0 aliphatic heterocycles. The fraction of sp³-hybridized carbons (Fsp3) is 0.200. The van der Waals surface area contributed by atoms with Gasteiger partial charge in [-0.2, -0.15) is 0 Å². The highest BCUT2D eigenvalue weighted by molar-refractivity contribution is 5.96. The second-order valence-electron chi connectivity index (χ2n) is 9.75. The van der Waals surface area contributed by atoms with E-state index in [2.05, 4.69) is 36.1 Å². The van der Waals surface area contributed by atoms with Crippen LogP contribution in [-0.4, -0.2) is 33.0 Å². The zero-order chi connectivity index (χ0) is 25.7. The van der Waals surface area contributed by atoms with E-state index in [4.69, 9.17) is 0 Å². The summed E-state index contributed by atoms with van der Waals surface area (Å²) in [5.74, 6) is -0.909. The second kappa shape index (κ2) is 10.5. The Hall–Kier alpha value is -4.32. The summed E-state index contributed by atoms with van der Waals surface area (Å²) in [4.78, 5) is 33.5. The molecule has 182 valence electrons. The van der Waals surface area contributed by atoms with E-state index < -0.39 is 17.9 Å². The topological polar surface area (TPSA) is 92.2 Å². The molecule has 1 atom stereocenters. The SMILES string of the molecule is CC(C)(C)c1ccc(C(=O)NC(Cc2ccc(-c3ncc(-c4ccccc4)cn3)cc2)C(=O)O)cc1. The highest BCUT2D eigenvalue weighted by Gasteiger charge is 2.22. The molecule has 3 aromatic carbocycles. The molecule has 0 radical (unpaired) electrons. The molecule has 4 aromatic rings. The van der Waals surface area contributed by atoms with Crippen LogP contribution in [0.25, 0.3) is 22.5 Å². The van der Waals surface area contributed by atoms with Crippen molar-refractivity contribution in [2.45, 2.75) is 38.6 Å². The number of nitrogens with one attached hydrogen (secondary N) is 1. The highest BCUT2D eigenvalue weighted by Crippen LogP contribution is 2.23. The minimum Gasteiger partial charge on any atom is -0.480 e. The Kier molecular flexibility index (Phi) is 7.25. The summed E-state index contributed by atoms with van der Waals surface area (Å²) in [5.41, 5.74) is 5.10. The minimum absolute atomic E-state index is 0.0280. The van der Waals surface area contributed by atoms with Crippen LogP contribution in [0, 0.1) is 0 Å². The van der Waals surface area contributed by atoms with Crippen LogP contribution in [-0.2, 0) is 16.6 Å². The average molecular weight is 480 g/mol. The normalized spacial score (nSPS) is 12.1. The first-order valence-corrected chi connectivity index (χ1v) is 11.8. The lowest BCUT2D eigenvalue weighted by Crippen LogP contribution is -2.42. The predicted molar refractivity (Wildman–Crippen MR) is 141 cm³/mol. The summed E-state index contributed by atoms with van der Waals surface area (Å²) < 4.78 is 0. The summed E-state index contributed by atoms with van der Waals surface area (Å²) in [7, 11) is 0. The summed E-state index contributed by atoms with van der Waals surface area (Å²) in [6.07, 6.45) is 3.74. The van der Waals surface area contributed by atoms with Crippen LogP contribution in [0.1, 0.15) is 42.3 Å². The Morgan fingerprint density at radius 3 is 1.97 bits per heavy atom. The molecule has 6 heteroatoms. The number of carbonyl (C=O) groups is 2. The molecule has 1 unspecified atom stereocenters. The van der Waals surface area contributed by atoms with Gasteiger partial charge in [0.2, 0.25) is 0 Å². The Morgan fingerprint density at radius 1 is 0.806 bits per heavy atom. The van der Waals surface area contributed by atoms with E-state index in [9.17, 15) is 14.7 Å². The maximum atomic E-state index is 12.7. The largest absolute Gasteiger partial charge is 0.480 e. The molecule has 1 heterocycles. The van der Waals surface area contributed by atoms with Crippen molar-refractivity contribution in [3.63, 3.8) is 0 Å². The van der Waals surface area contributed by atoms with Crippen molar-refractivity contribution in [2.24, 2.45) is 0 Å². The molecule has 0 fully saturated rings. The number of carbonyl (C=O) groups excluding carboxylic acids is 1. The van der Waals surface area contributed by atoms with Gasteiger partial charge in [-0.3, -0.25) is 4.79 Å². The maximum Gasteiger partial charge on any atom is 0.326 e. The lowest BCUT2D eigenvalue weighted by Gasteiger charge is -2.19. The van der Waals surface area contributed by atoms with E-state index in [1.165, 1.54) is 0 Å². The second-order valence-corrected chi connectivity index (χ2v) is 9.75. The molecule has 6 nitrogen and oxygen atoms in total. The van der Waals surface area contributed by atoms with Crippen molar-refractivity contribution in [3.05, 3.63) is 108 Å². The van der Waals surface area contributed by atoms with E-state index in [1.54, 1.807) is 24.5 Å².